The number of benzene rings is 4. The van der Waals surface area contributed by atoms with Gasteiger partial charge in [-0.3, -0.25) is 4.90 Å². The Balaban J connectivity index is 1.25. The third-order valence-corrected chi connectivity index (χ3v) is 8.46. The van der Waals surface area contributed by atoms with Gasteiger partial charge in [0.1, 0.15) is 0 Å². The van der Waals surface area contributed by atoms with Gasteiger partial charge in [0.15, 0.2) is 0 Å². The predicted molar refractivity (Wildman–Crippen MR) is 170 cm³/mol. The van der Waals surface area contributed by atoms with E-state index < -0.39 is 0 Å². The lowest BCUT2D eigenvalue weighted by atomic mass is 9.85. The Labute approximate surface area is 242 Å². The maximum Gasteiger partial charge on any atom is 0.0233 e. The molecule has 208 valence electrons. The average Bonchev–Trinajstić information content (AvgIpc) is 3.24. The van der Waals surface area contributed by atoms with E-state index in [1.165, 1.54) is 90.4 Å². The molecule has 2 nitrogen and oxygen atoms in total. The van der Waals surface area contributed by atoms with Crippen molar-refractivity contribution >= 4 is 0 Å². The number of rotatable bonds is 12. The molecule has 0 spiro atoms. The Kier molecular flexibility index (Phi) is 10.6. The fourth-order valence-corrected chi connectivity index (χ4v) is 6.16. The minimum absolute atomic E-state index is 0.594. The first kappa shape index (κ1) is 28.3. The third kappa shape index (κ3) is 8.16. The smallest absolute Gasteiger partial charge is 0.0233 e. The van der Waals surface area contributed by atoms with Crippen LogP contribution in [0.3, 0.4) is 0 Å². The Hall–Kier alpha value is -3.20. The zero-order chi connectivity index (χ0) is 27.4. The summed E-state index contributed by atoms with van der Waals surface area (Å²) in [5, 5.41) is 3.72. The molecule has 0 aromatic heterocycles. The Morgan fingerprint density at radius 2 is 1.38 bits per heavy atom. The number of nitrogens with one attached hydrogen (secondary N) is 1. The monoisotopic (exact) mass is 530 g/mol. The van der Waals surface area contributed by atoms with Gasteiger partial charge in [0.2, 0.25) is 0 Å². The van der Waals surface area contributed by atoms with Crippen LogP contribution in [0.1, 0.15) is 79.2 Å². The number of likely N-dealkylation sites (tertiary alicyclic amines) is 1. The summed E-state index contributed by atoms with van der Waals surface area (Å²) in [6.07, 6.45) is 8.82. The van der Waals surface area contributed by atoms with Crippen LogP contribution >= 0.6 is 0 Å². The molecule has 2 heteroatoms. The summed E-state index contributed by atoms with van der Waals surface area (Å²) >= 11 is 0. The number of hydrogen-bond donors (Lipinski definition) is 1. The second kappa shape index (κ2) is 15.0. The molecule has 1 saturated heterocycles. The molecule has 4 aromatic carbocycles. The highest BCUT2D eigenvalue weighted by atomic mass is 15.1. The van der Waals surface area contributed by atoms with Gasteiger partial charge in [-0.25, -0.2) is 0 Å². The van der Waals surface area contributed by atoms with Gasteiger partial charge in [-0.05, 0) is 90.1 Å². The van der Waals surface area contributed by atoms with Gasteiger partial charge in [-0.1, -0.05) is 123 Å². The second-order valence-corrected chi connectivity index (χ2v) is 11.6. The number of hydrogen-bond acceptors (Lipinski definition) is 2. The molecule has 0 amide bonds. The van der Waals surface area contributed by atoms with Gasteiger partial charge in [-0.2, -0.15) is 0 Å². The Bertz CT molecular complexity index is 1280. The molecule has 1 atom stereocenters. The highest BCUT2D eigenvalue weighted by Crippen LogP contribution is 2.36. The fourth-order valence-electron chi connectivity index (χ4n) is 6.16. The molecule has 5 rings (SSSR count). The van der Waals surface area contributed by atoms with Crippen molar-refractivity contribution in [3.63, 3.8) is 0 Å². The molecule has 1 aliphatic heterocycles. The van der Waals surface area contributed by atoms with E-state index in [1.54, 1.807) is 0 Å². The van der Waals surface area contributed by atoms with Crippen molar-refractivity contribution in [2.24, 2.45) is 0 Å². The molecule has 0 aliphatic carbocycles. The minimum Gasteiger partial charge on any atom is -0.309 e. The molecule has 1 unspecified atom stereocenters. The predicted octanol–water partition coefficient (Wildman–Crippen LogP) is 9.15. The Morgan fingerprint density at radius 1 is 0.675 bits per heavy atom. The molecule has 1 aliphatic rings. The van der Waals surface area contributed by atoms with Crippen molar-refractivity contribution in [2.75, 3.05) is 13.1 Å². The van der Waals surface area contributed by atoms with Crippen LogP contribution in [0, 0.1) is 0 Å². The number of unbranched alkanes of at least 4 members (excludes halogenated alkanes) is 2. The van der Waals surface area contributed by atoms with Crippen LogP contribution < -0.4 is 5.32 Å². The zero-order valence-electron chi connectivity index (χ0n) is 24.3. The largest absolute Gasteiger partial charge is 0.309 e. The second-order valence-electron chi connectivity index (χ2n) is 11.6. The molecule has 40 heavy (non-hydrogen) atoms. The highest BCUT2D eigenvalue weighted by Gasteiger charge is 2.22. The van der Waals surface area contributed by atoms with E-state index >= 15 is 0 Å². The third-order valence-electron chi connectivity index (χ3n) is 8.46. The summed E-state index contributed by atoms with van der Waals surface area (Å²) in [6, 6.07) is 38.3. The van der Waals surface area contributed by atoms with Gasteiger partial charge in [0.25, 0.3) is 0 Å². The van der Waals surface area contributed by atoms with Gasteiger partial charge >= 0.3 is 0 Å². The summed E-state index contributed by atoms with van der Waals surface area (Å²) in [5.41, 5.74) is 9.91. The van der Waals surface area contributed by atoms with Crippen LogP contribution in [0.4, 0.5) is 0 Å². The maximum absolute atomic E-state index is 3.72. The summed E-state index contributed by atoms with van der Waals surface area (Å²) in [5.74, 6) is 0.594. The van der Waals surface area contributed by atoms with Crippen molar-refractivity contribution in [3.8, 4) is 11.1 Å². The van der Waals surface area contributed by atoms with Gasteiger partial charge in [-0.15, -0.1) is 0 Å². The quantitative estimate of drug-likeness (QED) is 0.184. The standard InChI is InChI=1S/C38H46N2/c1-2-3-6-12-31-18-20-32(21-19-31)28-39-29-34-22-23-37(35-15-9-5-10-16-35)38(27-34)36-17-11-25-40(26-24-36)30-33-13-7-4-8-14-33/h4-5,7-10,13-16,18-23,27,36,39H,2-3,6,11-12,17,24-26,28-30H2,1H3. The van der Waals surface area contributed by atoms with Gasteiger partial charge in [0, 0.05) is 19.6 Å². The van der Waals surface area contributed by atoms with E-state index in [-0.39, 0.29) is 0 Å². The molecular formula is C38H46N2. The molecule has 1 N–H and O–H groups in total. The van der Waals surface area contributed by atoms with Gasteiger partial charge in [0.05, 0.1) is 0 Å². The Morgan fingerprint density at radius 3 is 2.15 bits per heavy atom. The first-order chi connectivity index (χ1) is 19.8. The zero-order valence-corrected chi connectivity index (χ0v) is 24.3. The van der Waals surface area contributed by atoms with Crippen molar-refractivity contribution in [2.45, 2.75) is 77.4 Å². The summed E-state index contributed by atoms with van der Waals surface area (Å²) < 4.78 is 0. The van der Waals surface area contributed by atoms with E-state index in [9.17, 15) is 0 Å². The van der Waals surface area contributed by atoms with Crippen molar-refractivity contribution in [1.29, 1.82) is 0 Å². The lowest BCUT2D eigenvalue weighted by Gasteiger charge is -2.22. The van der Waals surface area contributed by atoms with Crippen molar-refractivity contribution in [1.82, 2.24) is 10.2 Å². The van der Waals surface area contributed by atoms with E-state index in [0.717, 1.165) is 26.2 Å². The molecule has 0 saturated carbocycles. The lowest BCUT2D eigenvalue weighted by molar-refractivity contribution is 0.275. The van der Waals surface area contributed by atoms with E-state index in [4.69, 9.17) is 0 Å². The highest BCUT2D eigenvalue weighted by molar-refractivity contribution is 5.68. The minimum atomic E-state index is 0.594. The molecule has 0 bridgehead atoms. The van der Waals surface area contributed by atoms with E-state index in [2.05, 4.69) is 120 Å². The number of nitrogens with zero attached hydrogens (tertiary/aromatic N) is 1. The first-order valence-corrected chi connectivity index (χ1v) is 15.5. The van der Waals surface area contributed by atoms with Crippen molar-refractivity contribution < 1.29 is 0 Å². The van der Waals surface area contributed by atoms with Crippen LogP contribution in [0.2, 0.25) is 0 Å². The molecule has 0 radical (unpaired) electrons. The van der Waals surface area contributed by atoms with Crippen LogP contribution in [-0.2, 0) is 26.1 Å². The fraction of sp³-hybridized carbons (Fsp3) is 0.368. The average molecular weight is 531 g/mol. The van der Waals surface area contributed by atoms with Crippen LogP contribution in [0.25, 0.3) is 11.1 Å². The molecule has 1 heterocycles. The molecule has 1 fully saturated rings. The summed E-state index contributed by atoms with van der Waals surface area (Å²) in [4.78, 5) is 2.65. The van der Waals surface area contributed by atoms with Gasteiger partial charge < -0.3 is 5.32 Å². The summed E-state index contributed by atoms with van der Waals surface area (Å²) in [6.45, 7) is 7.47. The van der Waals surface area contributed by atoms with Crippen LogP contribution in [-0.4, -0.2) is 18.0 Å². The molecule has 4 aromatic rings. The topological polar surface area (TPSA) is 15.3 Å². The van der Waals surface area contributed by atoms with Crippen LogP contribution in [0.15, 0.2) is 103 Å². The first-order valence-electron chi connectivity index (χ1n) is 15.5. The SMILES string of the molecule is CCCCCc1ccc(CNCc2ccc(-c3ccccc3)c(C3CCCN(Cc4ccccc4)CC3)c2)cc1. The number of aryl methyl sites for hydroxylation is 1. The van der Waals surface area contributed by atoms with E-state index in [0.29, 0.717) is 5.92 Å². The molecular weight excluding hydrogens is 484 g/mol. The lowest BCUT2D eigenvalue weighted by Crippen LogP contribution is -2.24. The van der Waals surface area contributed by atoms with Crippen molar-refractivity contribution in [3.05, 3.63) is 131 Å². The maximum atomic E-state index is 3.72. The normalized spacial score (nSPS) is 16.1. The summed E-state index contributed by atoms with van der Waals surface area (Å²) in [7, 11) is 0. The van der Waals surface area contributed by atoms with E-state index in [1.807, 2.05) is 0 Å². The van der Waals surface area contributed by atoms with Crippen LogP contribution in [0.5, 0.6) is 0 Å².